The molecule has 1 aromatic carbocycles. The standard InChI is InChI=1S/C15H18FNO3S/c1-10-4-2-3-7-17(10)14(18)9-21-11-5-6-13(16)12(8-11)15(19)20/h5-6,8,10H,2-4,7,9H2,1H3,(H,19,20). The summed E-state index contributed by atoms with van der Waals surface area (Å²) in [6.07, 6.45) is 3.20. The molecule has 0 spiro atoms. The van der Waals surface area contributed by atoms with Crippen LogP contribution in [0.25, 0.3) is 0 Å². The fourth-order valence-corrected chi connectivity index (χ4v) is 3.28. The molecule has 1 unspecified atom stereocenters. The number of nitrogens with zero attached hydrogens (tertiary/aromatic N) is 1. The molecular formula is C15H18FNO3S. The number of aromatic carboxylic acids is 1. The second-order valence-corrected chi connectivity index (χ2v) is 6.22. The van der Waals surface area contributed by atoms with Crippen molar-refractivity contribution in [3.63, 3.8) is 0 Å². The highest BCUT2D eigenvalue weighted by Crippen LogP contribution is 2.23. The van der Waals surface area contributed by atoms with Gasteiger partial charge in [0.05, 0.1) is 11.3 Å². The lowest BCUT2D eigenvalue weighted by atomic mass is 10.0. The van der Waals surface area contributed by atoms with Crippen molar-refractivity contribution in [2.24, 2.45) is 0 Å². The van der Waals surface area contributed by atoms with Gasteiger partial charge in [-0.15, -0.1) is 11.8 Å². The number of hydrogen-bond acceptors (Lipinski definition) is 3. The molecule has 1 saturated heterocycles. The van der Waals surface area contributed by atoms with Crippen LogP contribution in [0.3, 0.4) is 0 Å². The Bertz CT molecular complexity index is 550. The number of benzene rings is 1. The van der Waals surface area contributed by atoms with Gasteiger partial charge in [-0.05, 0) is 44.4 Å². The van der Waals surface area contributed by atoms with Gasteiger partial charge in [0.1, 0.15) is 5.82 Å². The van der Waals surface area contributed by atoms with Crippen LogP contribution in [0.5, 0.6) is 0 Å². The van der Waals surface area contributed by atoms with Gasteiger partial charge in [0.2, 0.25) is 5.91 Å². The van der Waals surface area contributed by atoms with E-state index < -0.39 is 11.8 Å². The number of halogens is 1. The molecule has 114 valence electrons. The molecule has 1 heterocycles. The van der Waals surface area contributed by atoms with E-state index in [1.165, 1.54) is 23.9 Å². The van der Waals surface area contributed by atoms with Crippen LogP contribution in [0.15, 0.2) is 23.1 Å². The van der Waals surface area contributed by atoms with Crippen LogP contribution in [-0.4, -0.2) is 40.2 Å². The van der Waals surface area contributed by atoms with E-state index in [9.17, 15) is 14.0 Å². The van der Waals surface area contributed by atoms with Crippen molar-refractivity contribution in [1.82, 2.24) is 4.90 Å². The van der Waals surface area contributed by atoms with Crippen molar-refractivity contribution < 1.29 is 19.1 Å². The summed E-state index contributed by atoms with van der Waals surface area (Å²) in [5.74, 6) is -1.77. The number of carboxylic acid groups (broad SMARTS) is 1. The Hall–Kier alpha value is -1.56. The number of rotatable bonds is 4. The molecule has 0 radical (unpaired) electrons. The molecule has 0 aliphatic carbocycles. The van der Waals surface area contributed by atoms with Crippen molar-refractivity contribution in [3.05, 3.63) is 29.6 Å². The summed E-state index contributed by atoms with van der Waals surface area (Å²) in [6.45, 7) is 2.83. The van der Waals surface area contributed by atoms with Crippen LogP contribution in [0.4, 0.5) is 4.39 Å². The van der Waals surface area contributed by atoms with Crippen LogP contribution in [0.1, 0.15) is 36.5 Å². The van der Waals surface area contributed by atoms with Crippen LogP contribution in [0.2, 0.25) is 0 Å². The summed E-state index contributed by atoms with van der Waals surface area (Å²) in [5.41, 5.74) is -0.362. The maximum absolute atomic E-state index is 13.3. The molecule has 1 aliphatic heterocycles. The Kier molecular flexibility index (Phi) is 5.22. The fraction of sp³-hybridized carbons (Fsp3) is 0.467. The molecule has 1 N–H and O–H groups in total. The minimum atomic E-state index is -1.30. The number of carbonyl (C=O) groups excluding carboxylic acids is 1. The molecule has 21 heavy (non-hydrogen) atoms. The smallest absolute Gasteiger partial charge is 0.338 e. The van der Waals surface area contributed by atoms with E-state index in [2.05, 4.69) is 0 Å². The molecule has 1 atom stereocenters. The summed E-state index contributed by atoms with van der Waals surface area (Å²) in [7, 11) is 0. The minimum Gasteiger partial charge on any atom is -0.478 e. The number of hydrogen-bond donors (Lipinski definition) is 1. The minimum absolute atomic E-state index is 0.0494. The maximum Gasteiger partial charge on any atom is 0.338 e. The summed E-state index contributed by atoms with van der Waals surface area (Å²) < 4.78 is 13.3. The lowest BCUT2D eigenvalue weighted by molar-refractivity contribution is -0.131. The van der Waals surface area contributed by atoms with Crippen LogP contribution >= 0.6 is 11.8 Å². The normalized spacial score (nSPS) is 18.6. The third-order valence-corrected chi connectivity index (χ3v) is 4.63. The van der Waals surface area contributed by atoms with Gasteiger partial charge < -0.3 is 10.0 Å². The Morgan fingerprint density at radius 3 is 2.86 bits per heavy atom. The zero-order chi connectivity index (χ0) is 15.4. The average molecular weight is 311 g/mol. The van der Waals surface area contributed by atoms with E-state index in [1.807, 2.05) is 11.8 Å². The number of carboxylic acids is 1. The largest absolute Gasteiger partial charge is 0.478 e. The van der Waals surface area contributed by atoms with Crippen molar-refractivity contribution >= 4 is 23.6 Å². The highest BCUT2D eigenvalue weighted by molar-refractivity contribution is 8.00. The van der Waals surface area contributed by atoms with Gasteiger partial charge >= 0.3 is 5.97 Å². The molecule has 0 aromatic heterocycles. The summed E-state index contributed by atoms with van der Waals surface area (Å²) in [5, 5.41) is 8.88. The number of carbonyl (C=O) groups is 2. The quantitative estimate of drug-likeness (QED) is 0.868. The van der Waals surface area contributed by atoms with Gasteiger partial charge in [0.15, 0.2) is 0 Å². The van der Waals surface area contributed by atoms with Gasteiger partial charge in [-0.3, -0.25) is 4.79 Å². The highest BCUT2D eigenvalue weighted by atomic mass is 32.2. The molecule has 4 nitrogen and oxygen atoms in total. The van der Waals surface area contributed by atoms with Gasteiger partial charge in [-0.2, -0.15) is 0 Å². The van der Waals surface area contributed by atoms with Crippen molar-refractivity contribution in [1.29, 1.82) is 0 Å². The lowest BCUT2D eigenvalue weighted by Gasteiger charge is -2.33. The third kappa shape index (κ3) is 3.97. The molecule has 1 aliphatic rings. The Morgan fingerprint density at radius 2 is 2.19 bits per heavy atom. The molecule has 6 heteroatoms. The predicted molar refractivity (Wildman–Crippen MR) is 79.1 cm³/mol. The van der Waals surface area contributed by atoms with Crippen molar-refractivity contribution in [2.75, 3.05) is 12.3 Å². The van der Waals surface area contributed by atoms with Crippen LogP contribution in [0, 0.1) is 5.82 Å². The topological polar surface area (TPSA) is 57.6 Å². The summed E-state index contributed by atoms with van der Waals surface area (Å²) in [6, 6.07) is 4.16. The van der Waals surface area contributed by atoms with Crippen molar-refractivity contribution in [2.45, 2.75) is 37.1 Å². The fourth-order valence-electron chi connectivity index (χ4n) is 2.45. The first-order valence-corrected chi connectivity index (χ1v) is 7.92. The second-order valence-electron chi connectivity index (χ2n) is 5.17. The van der Waals surface area contributed by atoms with Gasteiger partial charge in [-0.25, -0.2) is 9.18 Å². The van der Waals surface area contributed by atoms with Crippen LogP contribution in [-0.2, 0) is 4.79 Å². The summed E-state index contributed by atoms with van der Waals surface area (Å²) >= 11 is 1.24. The molecule has 0 saturated carbocycles. The molecule has 1 amide bonds. The van der Waals surface area contributed by atoms with E-state index in [-0.39, 0.29) is 23.3 Å². The highest BCUT2D eigenvalue weighted by Gasteiger charge is 2.23. The van der Waals surface area contributed by atoms with E-state index in [1.54, 1.807) is 0 Å². The first-order valence-electron chi connectivity index (χ1n) is 6.94. The molecule has 1 aromatic rings. The van der Waals surface area contributed by atoms with E-state index in [0.717, 1.165) is 31.9 Å². The number of likely N-dealkylation sites (tertiary alicyclic amines) is 1. The molecular weight excluding hydrogens is 293 g/mol. The number of piperidine rings is 1. The lowest BCUT2D eigenvalue weighted by Crippen LogP contribution is -2.42. The number of amides is 1. The SMILES string of the molecule is CC1CCCCN1C(=O)CSc1ccc(F)c(C(=O)O)c1. The Morgan fingerprint density at radius 1 is 1.43 bits per heavy atom. The van der Waals surface area contributed by atoms with Gasteiger partial charge in [0, 0.05) is 17.5 Å². The van der Waals surface area contributed by atoms with Gasteiger partial charge in [0.25, 0.3) is 0 Å². The van der Waals surface area contributed by atoms with E-state index >= 15 is 0 Å². The first kappa shape index (κ1) is 15.8. The predicted octanol–water partition coefficient (Wildman–Crippen LogP) is 3.02. The zero-order valence-electron chi connectivity index (χ0n) is 11.8. The molecule has 2 rings (SSSR count). The summed E-state index contributed by atoms with van der Waals surface area (Å²) in [4.78, 5) is 25.5. The average Bonchev–Trinajstić information content (AvgIpc) is 2.46. The third-order valence-electron chi connectivity index (χ3n) is 3.65. The van der Waals surface area contributed by atoms with Crippen LogP contribution < -0.4 is 0 Å². The molecule has 0 bridgehead atoms. The van der Waals surface area contributed by atoms with E-state index in [0.29, 0.717) is 4.90 Å². The second kappa shape index (κ2) is 6.93. The van der Waals surface area contributed by atoms with Gasteiger partial charge in [-0.1, -0.05) is 0 Å². The monoisotopic (exact) mass is 311 g/mol. The molecule has 1 fully saturated rings. The van der Waals surface area contributed by atoms with E-state index in [4.69, 9.17) is 5.11 Å². The van der Waals surface area contributed by atoms with Crippen molar-refractivity contribution in [3.8, 4) is 0 Å². The Labute approximate surface area is 127 Å². The maximum atomic E-state index is 13.3. The Balaban J connectivity index is 1.98. The number of thioether (sulfide) groups is 1. The first-order chi connectivity index (χ1) is 9.99. The zero-order valence-corrected chi connectivity index (χ0v) is 12.7.